The van der Waals surface area contributed by atoms with Crippen LogP contribution in [0, 0.1) is 0 Å². The Labute approximate surface area is 241 Å². The molecule has 0 aliphatic carbocycles. The molecule has 0 unspecified atom stereocenters. The molecule has 0 radical (unpaired) electrons. The van der Waals surface area contributed by atoms with E-state index in [0.717, 1.165) is 64.2 Å². The van der Waals surface area contributed by atoms with Crippen LogP contribution < -0.4 is 0 Å². The third kappa shape index (κ3) is 17.7. The van der Waals surface area contributed by atoms with Crippen LogP contribution in [0.1, 0.15) is 122 Å². The van der Waals surface area contributed by atoms with Gasteiger partial charge in [0.1, 0.15) is 6.61 Å². The lowest BCUT2D eigenvalue weighted by atomic mass is 10.0. The van der Waals surface area contributed by atoms with E-state index in [1.807, 2.05) is 35.2 Å². The molecule has 1 aromatic carbocycles. The van der Waals surface area contributed by atoms with E-state index in [1.54, 1.807) is 0 Å². The molecule has 0 bridgehead atoms. The maximum Gasteiger partial charge on any atom is 0.410 e. The van der Waals surface area contributed by atoms with Crippen molar-refractivity contribution in [2.75, 3.05) is 52.9 Å². The first-order valence-corrected chi connectivity index (χ1v) is 16.6. The molecule has 5 nitrogen and oxygen atoms in total. The highest BCUT2D eigenvalue weighted by Gasteiger charge is 2.17. The van der Waals surface area contributed by atoms with Gasteiger partial charge in [0, 0.05) is 39.3 Å². The molecule has 0 saturated carbocycles. The quantitative estimate of drug-likeness (QED) is 0.130. The standard InChI is InChI=1S/C34H61N3O2/c1-3-4-5-6-7-8-9-10-11-12-13-14-15-16-17-21-26-37(27-22-25-36-30-28-35(2)29-31-36)34(38)39-32-33-23-19-18-20-24-33/h18-20,23-24H,3-17,21-22,25-32H2,1-2H3. The van der Waals surface area contributed by atoms with Gasteiger partial charge < -0.3 is 19.4 Å². The Kier molecular flexibility index (Phi) is 20.0. The van der Waals surface area contributed by atoms with Gasteiger partial charge in [-0.1, -0.05) is 134 Å². The maximum atomic E-state index is 12.9. The molecular formula is C34H61N3O2. The van der Waals surface area contributed by atoms with Crippen molar-refractivity contribution in [2.24, 2.45) is 0 Å². The van der Waals surface area contributed by atoms with Crippen molar-refractivity contribution in [3.8, 4) is 0 Å². The van der Waals surface area contributed by atoms with Crippen LogP contribution in [0.2, 0.25) is 0 Å². The van der Waals surface area contributed by atoms with E-state index in [0.29, 0.717) is 6.61 Å². The summed E-state index contributed by atoms with van der Waals surface area (Å²) in [6.45, 7) is 9.86. The summed E-state index contributed by atoms with van der Waals surface area (Å²) in [7, 11) is 2.19. The van der Waals surface area contributed by atoms with Crippen LogP contribution in [0.25, 0.3) is 0 Å². The summed E-state index contributed by atoms with van der Waals surface area (Å²) < 4.78 is 5.69. The van der Waals surface area contributed by atoms with Crippen LogP contribution in [-0.2, 0) is 11.3 Å². The van der Waals surface area contributed by atoms with Crippen LogP contribution in [0.15, 0.2) is 30.3 Å². The van der Waals surface area contributed by atoms with E-state index in [2.05, 4.69) is 23.8 Å². The minimum Gasteiger partial charge on any atom is -0.445 e. The zero-order valence-electron chi connectivity index (χ0n) is 25.7. The van der Waals surface area contributed by atoms with Crippen LogP contribution in [0.3, 0.4) is 0 Å². The summed E-state index contributed by atoms with van der Waals surface area (Å²) in [5, 5.41) is 0. The minimum atomic E-state index is -0.154. The third-order valence-corrected chi connectivity index (χ3v) is 8.24. The number of amides is 1. The molecule has 1 aliphatic rings. The van der Waals surface area contributed by atoms with Gasteiger partial charge in [-0.15, -0.1) is 0 Å². The molecule has 39 heavy (non-hydrogen) atoms. The van der Waals surface area contributed by atoms with Gasteiger partial charge in [-0.25, -0.2) is 4.79 Å². The molecule has 1 heterocycles. The SMILES string of the molecule is CCCCCCCCCCCCCCCCCCN(CCCN1CCN(C)CC1)C(=O)OCc1ccccc1. The number of unbranched alkanes of at least 4 members (excludes halogenated alkanes) is 15. The fourth-order valence-corrected chi connectivity index (χ4v) is 5.51. The topological polar surface area (TPSA) is 36.0 Å². The average Bonchev–Trinajstić information content (AvgIpc) is 2.96. The molecule has 1 aromatic rings. The van der Waals surface area contributed by atoms with E-state index in [9.17, 15) is 4.79 Å². The van der Waals surface area contributed by atoms with Crippen molar-refractivity contribution < 1.29 is 9.53 Å². The first-order valence-electron chi connectivity index (χ1n) is 16.6. The van der Waals surface area contributed by atoms with E-state index < -0.39 is 0 Å². The lowest BCUT2D eigenvalue weighted by molar-refractivity contribution is 0.0916. The van der Waals surface area contributed by atoms with E-state index in [1.165, 1.54) is 96.3 Å². The maximum absolute atomic E-state index is 12.9. The molecule has 224 valence electrons. The molecular weight excluding hydrogens is 482 g/mol. The molecule has 5 heteroatoms. The van der Waals surface area contributed by atoms with Gasteiger partial charge >= 0.3 is 6.09 Å². The number of carbonyl (C=O) groups excluding carboxylic acids is 1. The number of hydrogen-bond donors (Lipinski definition) is 0. The monoisotopic (exact) mass is 543 g/mol. The second-order valence-corrected chi connectivity index (χ2v) is 11.8. The first-order chi connectivity index (χ1) is 19.2. The average molecular weight is 544 g/mol. The Morgan fingerprint density at radius 1 is 0.692 bits per heavy atom. The molecule has 2 rings (SSSR count). The fourth-order valence-electron chi connectivity index (χ4n) is 5.51. The molecule has 0 atom stereocenters. The summed E-state index contributed by atoms with van der Waals surface area (Å²) in [5.41, 5.74) is 1.05. The number of hydrogen-bond acceptors (Lipinski definition) is 4. The van der Waals surface area contributed by atoms with Gasteiger partial charge in [0.2, 0.25) is 0 Å². The second-order valence-electron chi connectivity index (χ2n) is 11.8. The fraction of sp³-hybridized carbons (Fsp3) is 0.794. The number of piperazine rings is 1. The molecule has 1 amide bonds. The van der Waals surface area contributed by atoms with Gasteiger partial charge in [-0.05, 0) is 32.0 Å². The summed E-state index contributed by atoms with van der Waals surface area (Å²) in [6, 6.07) is 10.0. The zero-order chi connectivity index (χ0) is 27.8. The van der Waals surface area contributed by atoms with Crippen molar-refractivity contribution in [3.05, 3.63) is 35.9 Å². The Balaban J connectivity index is 1.53. The number of benzene rings is 1. The van der Waals surface area contributed by atoms with E-state index in [4.69, 9.17) is 4.74 Å². The van der Waals surface area contributed by atoms with Crippen LogP contribution in [-0.4, -0.2) is 73.7 Å². The van der Waals surface area contributed by atoms with Crippen molar-refractivity contribution in [2.45, 2.75) is 123 Å². The second kappa shape index (κ2) is 23.1. The highest BCUT2D eigenvalue weighted by atomic mass is 16.6. The van der Waals surface area contributed by atoms with Gasteiger partial charge in [0.05, 0.1) is 0 Å². The molecule has 0 N–H and O–H groups in total. The third-order valence-electron chi connectivity index (χ3n) is 8.24. The Morgan fingerprint density at radius 3 is 1.72 bits per heavy atom. The van der Waals surface area contributed by atoms with E-state index >= 15 is 0 Å². The Morgan fingerprint density at radius 2 is 1.18 bits per heavy atom. The normalized spacial score (nSPS) is 14.5. The summed E-state index contributed by atoms with van der Waals surface area (Å²) in [4.78, 5) is 19.8. The lowest BCUT2D eigenvalue weighted by Crippen LogP contribution is -2.45. The number of ether oxygens (including phenoxy) is 1. The van der Waals surface area contributed by atoms with Crippen LogP contribution in [0.5, 0.6) is 0 Å². The number of carbonyl (C=O) groups is 1. The van der Waals surface area contributed by atoms with Crippen LogP contribution >= 0.6 is 0 Å². The minimum absolute atomic E-state index is 0.154. The van der Waals surface area contributed by atoms with Gasteiger partial charge in [0.25, 0.3) is 0 Å². The zero-order valence-corrected chi connectivity index (χ0v) is 25.7. The smallest absolute Gasteiger partial charge is 0.410 e. The predicted molar refractivity (Wildman–Crippen MR) is 166 cm³/mol. The Bertz CT molecular complexity index is 691. The molecule has 0 aromatic heterocycles. The number of likely N-dealkylation sites (N-methyl/N-ethyl adjacent to an activating group) is 1. The number of rotatable bonds is 23. The summed E-state index contributed by atoms with van der Waals surface area (Å²) in [6.07, 6.45) is 22.7. The summed E-state index contributed by atoms with van der Waals surface area (Å²) >= 11 is 0. The van der Waals surface area contributed by atoms with Gasteiger partial charge in [-0.3, -0.25) is 0 Å². The molecule has 0 spiro atoms. The summed E-state index contributed by atoms with van der Waals surface area (Å²) in [5.74, 6) is 0. The van der Waals surface area contributed by atoms with Gasteiger partial charge in [0.15, 0.2) is 0 Å². The van der Waals surface area contributed by atoms with Crippen molar-refractivity contribution >= 4 is 6.09 Å². The largest absolute Gasteiger partial charge is 0.445 e. The lowest BCUT2D eigenvalue weighted by Gasteiger charge is -2.32. The highest BCUT2D eigenvalue weighted by Crippen LogP contribution is 2.14. The highest BCUT2D eigenvalue weighted by molar-refractivity contribution is 5.67. The van der Waals surface area contributed by atoms with Crippen LogP contribution in [0.4, 0.5) is 4.79 Å². The Hall–Kier alpha value is -1.59. The van der Waals surface area contributed by atoms with Gasteiger partial charge in [-0.2, -0.15) is 0 Å². The van der Waals surface area contributed by atoms with E-state index in [-0.39, 0.29) is 6.09 Å². The number of nitrogens with zero attached hydrogens (tertiary/aromatic N) is 3. The first kappa shape index (κ1) is 33.6. The van der Waals surface area contributed by atoms with Crippen molar-refractivity contribution in [1.82, 2.24) is 14.7 Å². The molecule has 1 aliphatic heterocycles. The van der Waals surface area contributed by atoms with Crippen molar-refractivity contribution in [3.63, 3.8) is 0 Å². The molecule has 1 fully saturated rings. The van der Waals surface area contributed by atoms with Crippen molar-refractivity contribution in [1.29, 1.82) is 0 Å². The predicted octanol–water partition coefficient (Wildman–Crippen LogP) is 8.52. The molecule has 1 saturated heterocycles.